The maximum Gasteiger partial charge on any atom is 0.122 e. The summed E-state index contributed by atoms with van der Waals surface area (Å²) in [4.78, 5) is 2.31. The molecular formula is C23H30N4O. The van der Waals surface area contributed by atoms with Gasteiger partial charge in [0.15, 0.2) is 0 Å². The smallest absolute Gasteiger partial charge is 0.122 e. The van der Waals surface area contributed by atoms with Crippen molar-refractivity contribution in [2.75, 3.05) is 31.1 Å². The van der Waals surface area contributed by atoms with Gasteiger partial charge in [0.1, 0.15) is 17.7 Å². The van der Waals surface area contributed by atoms with Crippen LogP contribution in [0.1, 0.15) is 30.9 Å². The molecule has 4 N–H and O–H groups in total. The van der Waals surface area contributed by atoms with Gasteiger partial charge in [-0.2, -0.15) is 0 Å². The minimum absolute atomic E-state index is 0.0947. The quantitative estimate of drug-likeness (QED) is 0.484. The second-order valence-electron chi connectivity index (χ2n) is 7.04. The standard InChI is InChI=1S/C23H30N4O/c1-2-27(16-4-6-18-5-3-7-19(17-18)23(24)25)20-8-10-21(11-9-20)28-22-12-14-26-15-13-22/h3-11,17,22,26H,2,12-16H2,1H3,(H3,24,25)/b6-4+. The van der Waals surface area contributed by atoms with E-state index >= 15 is 0 Å². The highest BCUT2D eigenvalue weighted by molar-refractivity contribution is 5.95. The van der Waals surface area contributed by atoms with Crippen LogP contribution in [-0.2, 0) is 0 Å². The third-order valence-electron chi connectivity index (χ3n) is 5.01. The molecule has 28 heavy (non-hydrogen) atoms. The van der Waals surface area contributed by atoms with Gasteiger partial charge >= 0.3 is 0 Å². The summed E-state index contributed by atoms with van der Waals surface area (Å²) in [5.74, 6) is 1.04. The van der Waals surface area contributed by atoms with E-state index in [0.717, 1.165) is 55.9 Å². The van der Waals surface area contributed by atoms with Crippen molar-refractivity contribution in [3.8, 4) is 5.75 Å². The molecule has 1 saturated heterocycles. The average molecular weight is 379 g/mol. The van der Waals surface area contributed by atoms with Crippen LogP contribution in [0, 0.1) is 5.41 Å². The first-order chi connectivity index (χ1) is 13.7. The average Bonchev–Trinajstić information content (AvgIpc) is 2.73. The Bertz CT molecular complexity index is 795. The molecule has 1 fully saturated rings. The zero-order chi connectivity index (χ0) is 19.8. The summed E-state index contributed by atoms with van der Waals surface area (Å²) in [6.07, 6.45) is 6.67. The number of hydrogen-bond donors (Lipinski definition) is 3. The minimum Gasteiger partial charge on any atom is -0.490 e. The van der Waals surface area contributed by atoms with Gasteiger partial charge in [-0.1, -0.05) is 30.4 Å². The van der Waals surface area contributed by atoms with Gasteiger partial charge in [-0.15, -0.1) is 0 Å². The van der Waals surface area contributed by atoms with Gasteiger partial charge in [-0.25, -0.2) is 0 Å². The molecule has 0 amide bonds. The lowest BCUT2D eigenvalue weighted by molar-refractivity contribution is 0.162. The van der Waals surface area contributed by atoms with E-state index in [2.05, 4.69) is 53.6 Å². The number of nitrogens with two attached hydrogens (primary N) is 1. The number of amidine groups is 1. The molecule has 1 heterocycles. The van der Waals surface area contributed by atoms with Crippen molar-refractivity contribution in [1.82, 2.24) is 5.32 Å². The molecule has 1 aliphatic heterocycles. The lowest BCUT2D eigenvalue weighted by Crippen LogP contribution is -2.34. The van der Waals surface area contributed by atoms with Gasteiger partial charge in [-0.05, 0) is 68.8 Å². The molecule has 2 aromatic rings. The SMILES string of the molecule is CCN(C/C=C/c1cccc(C(=N)N)c1)c1ccc(OC2CCNCC2)cc1. The fourth-order valence-electron chi connectivity index (χ4n) is 3.38. The molecule has 0 bridgehead atoms. The van der Waals surface area contributed by atoms with Gasteiger partial charge in [0.05, 0.1) is 0 Å². The van der Waals surface area contributed by atoms with Crippen LogP contribution in [0.25, 0.3) is 6.08 Å². The maximum absolute atomic E-state index is 7.55. The summed E-state index contributed by atoms with van der Waals surface area (Å²) in [6, 6.07) is 16.1. The van der Waals surface area contributed by atoms with Crippen LogP contribution in [0.4, 0.5) is 5.69 Å². The molecule has 148 valence electrons. The van der Waals surface area contributed by atoms with E-state index in [4.69, 9.17) is 15.9 Å². The molecule has 5 heteroatoms. The van der Waals surface area contributed by atoms with Crippen molar-refractivity contribution < 1.29 is 4.74 Å². The van der Waals surface area contributed by atoms with Crippen molar-refractivity contribution >= 4 is 17.6 Å². The number of likely N-dealkylation sites (N-methyl/N-ethyl adjacent to an activating group) is 1. The van der Waals surface area contributed by atoms with Crippen LogP contribution in [0.3, 0.4) is 0 Å². The van der Waals surface area contributed by atoms with Crippen LogP contribution in [0.2, 0.25) is 0 Å². The van der Waals surface area contributed by atoms with Crippen LogP contribution in [0.5, 0.6) is 5.75 Å². The second kappa shape index (κ2) is 9.95. The fourth-order valence-corrected chi connectivity index (χ4v) is 3.38. The van der Waals surface area contributed by atoms with Crippen LogP contribution >= 0.6 is 0 Å². The predicted molar refractivity (Wildman–Crippen MR) is 117 cm³/mol. The third-order valence-corrected chi connectivity index (χ3v) is 5.01. The van der Waals surface area contributed by atoms with E-state index < -0.39 is 0 Å². The van der Waals surface area contributed by atoms with E-state index in [1.165, 1.54) is 5.69 Å². The molecular weight excluding hydrogens is 348 g/mol. The number of piperidine rings is 1. The summed E-state index contributed by atoms with van der Waals surface area (Å²) in [7, 11) is 0. The molecule has 0 unspecified atom stereocenters. The van der Waals surface area contributed by atoms with Crippen molar-refractivity contribution in [2.45, 2.75) is 25.9 Å². The minimum atomic E-state index is 0.0947. The molecule has 2 aromatic carbocycles. The summed E-state index contributed by atoms with van der Waals surface area (Å²) >= 11 is 0. The molecule has 0 aromatic heterocycles. The number of nitrogen functional groups attached to an aromatic ring is 1. The molecule has 0 spiro atoms. The normalized spacial score (nSPS) is 14.9. The van der Waals surface area contributed by atoms with Gasteiger partial charge in [0.25, 0.3) is 0 Å². The molecule has 5 nitrogen and oxygen atoms in total. The number of rotatable bonds is 8. The number of hydrogen-bond acceptors (Lipinski definition) is 4. The predicted octanol–water partition coefficient (Wildman–Crippen LogP) is 3.64. The first kappa shape index (κ1) is 20.0. The Balaban J connectivity index is 1.58. The van der Waals surface area contributed by atoms with Crippen molar-refractivity contribution in [3.63, 3.8) is 0 Å². The topological polar surface area (TPSA) is 74.4 Å². The number of benzene rings is 2. The fraction of sp³-hybridized carbons (Fsp3) is 0.348. The lowest BCUT2D eigenvalue weighted by Gasteiger charge is -2.25. The largest absolute Gasteiger partial charge is 0.490 e. The van der Waals surface area contributed by atoms with Crippen LogP contribution in [-0.4, -0.2) is 38.1 Å². The van der Waals surface area contributed by atoms with Gasteiger partial charge in [0, 0.05) is 24.3 Å². The van der Waals surface area contributed by atoms with E-state index in [-0.39, 0.29) is 5.84 Å². The first-order valence-electron chi connectivity index (χ1n) is 9.99. The van der Waals surface area contributed by atoms with Crippen molar-refractivity contribution in [3.05, 3.63) is 65.7 Å². The highest BCUT2D eigenvalue weighted by atomic mass is 16.5. The zero-order valence-corrected chi connectivity index (χ0v) is 16.5. The van der Waals surface area contributed by atoms with Gasteiger partial charge in [0.2, 0.25) is 0 Å². The van der Waals surface area contributed by atoms with Crippen LogP contribution in [0.15, 0.2) is 54.6 Å². The van der Waals surface area contributed by atoms with E-state index in [1.54, 1.807) is 0 Å². The Labute approximate surface area is 167 Å². The Morgan fingerprint density at radius 2 is 1.96 bits per heavy atom. The Morgan fingerprint density at radius 1 is 1.21 bits per heavy atom. The summed E-state index contributed by atoms with van der Waals surface area (Å²) in [6.45, 7) is 5.97. The summed E-state index contributed by atoms with van der Waals surface area (Å²) < 4.78 is 6.09. The number of anilines is 1. The monoisotopic (exact) mass is 378 g/mol. The molecule has 3 rings (SSSR count). The number of nitrogens with one attached hydrogen (secondary N) is 2. The van der Waals surface area contributed by atoms with Crippen LogP contribution < -0.4 is 20.7 Å². The van der Waals surface area contributed by atoms with Gasteiger partial charge in [-0.3, -0.25) is 5.41 Å². The molecule has 0 aliphatic carbocycles. The maximum atomic E-state index is 7.55. The number of nitrogens with zero attached hydrogens (tertiary/aromatic N) is 1. The van der Waals surface area contributed by atoms with Crippen molar-refractivity contribution in [1.29, 1.82) is 5.41 Å². The van der Waals surface area contributed by atoms with E-state index in [1.807, 2.05) is 24.3 Å². The third kappa shape index (κ3) is 5.60. The Hall–Kier alpha value is -2.79. The summed E-state index contributed by atoms with van der Waals surface area (Å²) in [5, 5.41) is 10.9. The lowest BCUT2D eigenvalue weighted by atomic mass is 10.1. The Morgan fingerprint density at radius 3 is 2.64 bits per heavy atom. The van der Waals surface area contributed by atoms with Crippen molar-refractivity contribution in [2.24, 2.45) is 5.73 Å². The first-order valence-corrected chi connectivity index (χ1v) is 9.99. The number of ether oxygens (including phenoxy) is 1. The van der Waals surface area contributed by atoms with Gasteiger partial charge < -0.3 is 20.7 Å². The second-order valence-corrected chi connectivity index (χ2v) is 7.04. The highest BCUT2D eigenvalue weighted by Crippen LogP contribution is 2.22. The summed E-state index contributed by atoms with van der Waals surface area (Å²) in [5.41, 5.74) is 8.55. The molecule has 0 radical (unpaired) electrons. The molecule has 0 atom stereocenters. The molecule has 0 saturated carbocycles. The van der Waals surface area contributed by atoms with E-state index in [0.29, 0.717) is 6.10 Å². The zero-order valence-electron chi connectivity index (χ0n) is 16.5. The molecule has 1 aliphatic rings. The van der Waals surface area contributed by atoms with E-state index in [9.17, 15) is 0 Å². The Kier molecular flexibility index (Phi) is 7.09. The highest BCUT2D eigenvalue weighted by Gasteiger charge is 2.14.